The van der Waals surface area contributed by atoms with Crippen LogP contribution in [0.5, 0.6) is 0 Å². The Morgan fingerprint density at radius 3 is 2.33 bits per heavy atom. The van der Waals surface area contributed by atoms with Crippen LogP contribution in [0.2, 0.25) is 0 Å². The lowest BCUT2D eigenvalue weighted by Gasteiger charge is -2.30. The van der Waals surface area contributed by atoms with Crippen molar-refractivity contribution in [2.45, 2.75) is 31.2 Å². The molecule has 172 valence electrons. The van der Waals surface area contributed by atoms with E-state index in [2.05, 4.69) is 26.8 Å². The van der Waals surface area contributed by atoms with Crippen molar-refractivity contribution in [3.05, 3.63) is 84.1 Å². The van der Waals surface area contributed by atoms with E-state index in [0.717, 1.165) is 25.6 Å². The number of benzene rings is 2. The number of sulfonamides is 1. The SMILES string of the molecule is CC1CCN(Cc2ccc(C(=O)Nc3ccc(S(=O)(=O)Nc4ccccn4)cc3)cc2)CC1. The van der Waals surface area contributed by atoms with Crippen LogP contribution in [0.1, 0.15) is 35.7 Å². The quantitative estimate of drug-likeness (QED) is 0.542. The van der Waals surface area contributed by atoms with Crippen molar-refractivity contribution in [2.75, 3.05) is 23.1 Å². The molecule has 0 radical (unpaired) electrons. The number of carbonyl (C=O) groups is 1. The Kier molecular flexibility index (Phi) is 7.05. The van der Waals surface area contributed by atoms with Gasteiger partial charge >= 0.3 is 0 Å². The molecule has 0 spiro atoms. The minimum atomic E-state index is -3.76. The number of nitrogens with zero attached hydrogens (tertiary/aromatic N) is 2. The van der Waals surface area contributed by atoms with Crippen molar-refractivity contribution in [3.63, 3.8) is 0 Å². The molecule has 8 heteroatoms. The van der Waals surface area contributed by atoms with Gasteiger partial charge in [0.2, 0.25) is 0 Å². The Balaban J connectivity index is 1.34. The van der Waals surface area contributed by atoms with Gasteiger partial charge in [0.05, 0.1) is 4.90 Å². The first-order valence-corrected chi connectivity index (χ1v) is 12.5. The zero-order valence-corrected chi connectivity index (χ0v) is 19.4. The summed E-state index contributed by atoms with van der Waals surface area (Å²) in [6, 6.07) is 18.6. The van der Waals surface area contributed by atoms with E-state index in [1.54, 1.807) is 30.3 Å². The molecule has 0 aliphatic carbocycles. The number of pyridine rings is 1. The molecule has 0 atom stereocenters. The fraction of sp³-hybridized carbons (Fsp3) is 0.280. The number of aromatic nitrogens is 1. The predicted molar refractivity (Wildman–Crippen MR) is 130 cm³/mol. The molecule has 1 amide bonds. The van der Waals surface area contributed by atoms with E-state index in [4.69, 9.17) is 0 Å². The molecule has 1 aliphatic heterocycles. The second-order valence-corrected chi connectivity index (χ2v) is 10.1. The third-order valence-electron chi connectivity index (χ3n) is 5.82. The zero-order chi connectivity index (χ0) is 23.3. The van der Waals surface area contributed by atoms with Gasteiger partial charge in [-0.25, -0.2) is 13.4 Å². The van der Waals surface area contributed by atoms with E-state index in [-0.39, 0.29) is 16.6 Å². The molecule has 33 heavy (non-hydrogen) atoms. The van der Waals surface area contributed by atoms with Crippen LogP contribution in [0.4, 0.5) is 11.5 Å². The van der Waals surface area contributed by atoms with Gasteiger partial charge < -0.3 is 5.32 Å². The number of nitrogens with one attached hydrogen (secondary N) is 2. The highest BCUT2D eigenvalue weighted by Crippen LogP contribution is 2.20. The molecule has 2 N–H and O–H groups in total. The number of likely N-dealkylation sites (tertiary alicyclic amines) is 1. The maximum absolute atomic E-state index is 12.6. The summed E-state index contributed by atoms with van der Waals surface area (Å²) in [6.45, 7) is 5.44. The fourth-order valence-corrected chi connectivity index (χ4v) is 4.79. The Hall–Kier alpha value is -3.23. The first-order valence-electron chi connectivity index (χ1n) is 11.1. The lowest BCUT2D eigenvalue weighted by atomic mass is 9.99. The highest BCUT2D eigenvalue weighted by atomic mass is 32.2. The van der Waals surface area contributed by atoms with Gasteiger partial charge in [0, 0.05) is 24.0 Å². The Bertz CT molecular complexity index is 1170. The van der Waals surface area contributed by atoms with Gasteiger partial charge in [0.25, 0.3) is 15.9 Å². The van der Waals surface area contributed by atoms with E-state index in [9.17, 15) is 13.2 Å². The van der Waals surface area contributed by atoms with Gasteiger partial charge in [-0.2, -0.15) is 0 Å². The number of amides is 1. The number of rotatable bonds is 7. The van der Waals surface area contributed by atoms with Crippen molar-refractivity contribution in [2.24, 2.45) is 5.92 Å². The van der Waals surface area contributed by atoms with Crippen molar-refractivity contribution >= 4 is 27.4 Å². The van der Waals surface area contributed by atoms with Gasteiger partial charge in [-0.05, 0) is 85.9 Å². The van der Waals surface area contributed by atoms with Gasteiger partial charge in [-0.1, -0.05) is 25.1 Å². The summed E-state index contributed by atoms with van der Waals surface area (Å²) in [5.41, 5.74) is 2.26. The first kappa shape index (κ1) is 22.9. The molecule has 2 heterocycles. The molecular formula is C25H28N4O3S. The average Bonchev–Trinajstić information content (AvgIpc) is 2.82. The number of anilines is 2. The molecular weight excluding hydrogens is 436 g/mol. The van der Waals surface area contributed by atoms with Crippen LogP contribution < -0.4 is 10.0 Å². The number of piperidine rings is 1. The zero-order valence-electron chi connectivity index (χ0n) is 18.6. The highest BCUT2D eigenvalue weighted by molar-refractivity contribution is 7.92. The number of hydrogen-bond acceptors (Lipinski definition) is 5. The van der Waals surface area contributed by atoms with Gasteiger partial charge in [-0.15, -0.1) is 0 Å². The normalized spacial score (nSPS) is 15.2. The lowest BCUT2D eigenvalue weighted by Crippen LogP contribution is -2.32. The average molecular weight is 465 g/mol. The molecule has 1 aromatic heterocycles. The minimum absolute atomic E-state index is 0.0858. The van der Waals surface area contributed by atoms with E-state index in [1.165, 1.54) is 36.7 Å². The van der Waals surface area contributed by atoms with Crippen LogP contribution in [0.15, 0.2) is 77.8 Å². The highest BCUT2D eigenvalue weighted by Gasteiger charge is 2.17. The first-order chi connectivity index (χ1) is 15.9. The van der Waals surface area contributed by atoms with Crippen molar-refractivity contribution < 1.29 is 13.2 Å². The Morgan fingerprint density at radius 2 is 1.70 bits per heavy atom. The standard InChI is InChI=1S/C25H28N4O3S/c1-19-13-16-29(17-14-19)18-20-5-7-21(8-6-20)25(30)27-22-9-11-23(12-10-22)33(31,32)28-24-4-2-3-15-26-24/h2-12,15,19H,13-14,16-18H2,1H3,(H,26,28)(H,27,30). The van der Waals surface area contributed by atoms with Gasteiger partial charge in [-0.3, -0.25) is 14.4 Å². The van der Waals surface area contributed by atoms with E-state index in [0.29, 0.717) is 11.3 Å². The Morgan fingerprint density at radius 1 is 1.00 bits per heavy atom. The fourth-order valence-electron chi connectivity index (χ4n) is 3.78. The molecule has 0 unspecified atom stereocenters. The van der Waals surface area contributed by atoms with Crippen molar-refractivity contribution in [1.29, 1.82) is 0 Å². The number of hydrogen-bond donors (Lipinski definition) is 2. The summed E-state index contributed by atoms with van der Waals surface area (Å²) in [5.74, 6) is 0.808. The van der Waals surface area contributed by atoms with Crippen molar-refractivity contribution in [3.8, 4) is 0 Å². The van der Waals surface area contributed by atoms with E-state index < -0.39 is 10.0 Å². The molecule has 0 saturated carbocycles. The summed E-state index contributed by atoms with van der Waals surface area (Å²) in [7, 11) is -3.76. The molecule has 0 bridgehead atoms. The smallest absolute Gasteiger partial charge is 0.263 e. The second-order valence-electron chi connectivity index (χ2n) is 8.45. The van der Waals surface area contributed by atoms with Gasteiger partial charge in [0.1, 0.15) is 5.82 Å². The minimum Gasteiger partial charge on any atom is -0.322 e. The predicted octanol–water partition coefficient (Wildman–Crippen LogP) is 4.37. The van der Waals surface area contributed by atoms with Crippen LogP contribution in [-0.4, -0.2) is 37.3 Å². The lowest BCUT2D eigenvalue weighted by molar-refractivity contribution is 0.102. The maximum atomic E-state index is 12.6. The maximum Gasteiger partial charge on any atom is 0.263 e. The molecule has 1 fully saturated rings. The topological polar surface area (TPSA) is 91.4 Å². The third-order valence-corrected chi connectivity index (χ3v) is 7.20. The monoisotopic (exact) mass is 464 g/mol. The van der Waals surface area contributed by atoms with Crippen LogP contribution in [0.25, 0.3) is 0 Å². The Labute approximate surface area is 194 Å². The van der Waals surface area contributed by atoms with Crippen LogP contribution in [-0.2, 0) is 16.6 Å². The summed E-state index contributed by atoms with van der Waals surface area (Å²) in [5, 5.41) is 2.82. The van der Waals surface area contributed by atoms with Crippen LogP contribution in [0.3, 0.4) is 0 Å². The van der Waals surface area contributed by atoms with Gasteiger partial charge in [0.15, 0.2) is 0 Å². The van der Waals surface area contributed by atoms with E-state index in [1.807, 2.05) is 24.3 Å². The number of carbonyl (C=O) groups excluding carboxylic acids is 1. The largest absolute Gasteiger partial charge is 0.322 e. The third kappa shape index (κ3) is 6.18. The summed E-state index contributed by atoms with van der Waals surface area (Å²) in [6.07, 6.45) is 3.98. The molecule has 4 rings (SSSR count). The summed E-state index contributed by atoms with van der Waals surface area (Å²) in [4.78, 5) is 19.1. The molecule has 1 saturated heterocycles. The van der Waals surface area contributed by atoms with Crippen LogP contribution in [0, 0.1) is 5.92 Å². The molecule has 3 aromatic rings. The van der Waals surface area contributed by atoms with E-state index >= 15 is 0 Å². The van der Waals surface area contributed by atoms with Crippen LogP contribution >= 0.6 is 0 Å². The van der Waals surface area contributed by atoms with Crippen molar-refractivity contribution in [1.82, 2.24) is 9.88 Å². The molecule has 2 aromatic carbocycles. The summed E-state index contributed by atoms with van der Waals surface area (Å²) < 4.78 is 27.4. The molecule has 1 aliphatic rings. The second kappa shape index (κ2) is 10.1. The molecule has 7 nitrogen and oxygen atoms in total. The summed E-state index contributed by atoms with van der Waals surface area (Å²) >= 11 is 0.